The number of nitro groups is 1. The van der Waals surface area contributed by atoms with Gasteiger partial charge in [0.1, 0.15) is 5.82 Å². The molecule has 7 heteroatoms. The molecule has 0 radical (unpaired) electrons. The number of hydrogen-bond donors (Lipinski definition) is 2. The van der Waals surface area contributed by atoms with E-state index in [1.165, 1.54) is 0 Å². The van der Waals surface area contributed by atoms with Gasteiger partial charge in [-0.1, -0.05) is 0 Å². The standard InChI is InChI=1S/C12H14FN3O3/c13-11-7-9(16(18)19)1-2-10(11)12(17)15-8-3-5-14-6-4-8/h1-2,7-8,14H,3-6H2,(H,15,17). The van der Waals surface area contributed by atoms with E-state index in [1.54, 1.807) is 0 Å². The highest BCUT2D eigenvalue weighted by atomic mass is 19.1. The Morgan fingerprint density at radius 2 is 2.11 bits per heavy atom. The topological polar surface area (TPSA) is 84.3 Å². The van der Waals surface area contributed by atoms with Crippen molar-refractivity contribution >= 4 is 11.6 Å². The predicted molar refractivity (Wildman–Crippen MR) is 66.4 cm³/mol. The maximum absolute atomic E-state index is 13.6. The van der Waals surface area contributed by atoms with Crippen LogP contribution in [0.3, 0.4) is 0 Å². The Labute approximate surface area is 109 Å². The summed E-state index contributed by atoms with van der Waals surface area (Å²) in [5.74, 6) is -1.40. The number of nitrogens with zero attached hydrogens (tertiary/aromatic N) is 1. The third-order valence-corrected chi connectivity index (χ3v) is 3.08. The largest absolute Gasteiger partial charge is 0.349 e. The molecule has 1 aromatic carbocycles. The Balaban J connectivity index is 2.08. The van der Waals surface area contributed by atoms with Crippen LogP contribution in [0.15, 0.2) is 18.2 Å². The summed E-state index contributed by atoms with van der Waals surface area (Å²) in [6, 6.07) is 3.05. The van der Waals surface area contributed by atoms with Crippen LogP contribution in [0.2, 0.25) is 0 Å². The van der Waals surface area contributed by atoms with Gasteiger partial charge >= 0.3 is 0 Å². The first-order valence-electron chi connectivity index (χ1n) is 6.03. The van der Waals surface area contributed by atoms with Crippen molar-refractivity contribution in [2.45, 2.75) is 18.9 Å². The second-order valence-electron chi connectivity index (χ2n) is 4.42. The molecule has 2 N–H and O–H groups in total. The van der Waals surface area contributed by atoms with E-state index in [1.807, 2.05) is 0 Å². The molecule has 0 saturated carbocycles. The molecule has 102 valence electrons. The zero-order valence-corrected chi connectivity index (χ0v) is 10.2. The number of nitro benzene ring substituents is 1. The Morgan fingerprint density at radius 3 is 2.68 bits per heavy atom. The van der Waals surface area contributed by atoms with Crippen LogP contribution in [0.4, 0.5) is 10.1 Å². The van der Waals surface area contributed by atoms with Crippen molar-refractivity contribution in [2.75, 3.05) is 13.1 Å². The van der Waals surface area contributed by atoms with Crippen LogP contribution in [0, 0.1) is 15.9 Å². The predicted octanol–water partition coefficient (Wildman–Crippen LogP) is 1.22. The number of piperidine rings is 1. The van der Waals surface area contributed by atoms with Crippen molar-refractivity contribution in [1.82, 2.24) is 10.6 Å². The zero-order valence-electron chi connectivity index (χ0n) is 10.2. The average molecular weight is 267 g/mol. The maximum atomic E-state index is 13.6. The lowest BCUT2D eigenvalue weighted by Gasteiger charge is -2.23. The minimum atomic E-state index is -0.874. The molecular formula is C12H14FN3O3. The summed E-state index contributed by atoms with van der Waals surface area (Å²) >= 11 is 0. The zero-order chi connectivity index (χ0) is 13.8. The molecule has 6 nitrogen and oxygen atoms in total. The van der Waals surface area contributed by atoms with Gasteiger partial charge in [-0.25, -0.2) is 4.39 Å². The molecule has 1 aromatic rings. The SMILES string of the molecule is O=C(NC1CCNCC1)c1ccc([N+](=O)[O-])cc1F. The third-order valence-electron chi connectivity index (χ3n) is 3.08. The van der Waals surface area contributed by atoms with Gasteiger partial charge in [-0.2, -0.15) is 0 Å². The summed E-state index contributed by atoms with van der Waals surface area (Å²) in [5, 5.41) is 16.4. The second-order valence-corrected chi connectivity index (χ2v) is 4.42. The maximum Gasteiger partial charge on any atom is 0.272 e. The Kier molecular flexibility index (Phi) is 4.06. The fourth-order valence-corrected chi connectivity index (χ4v) is 2.03. The molecule has 1 aliphatic rings. The number of benzene rings is 1. The first kappa shape index (κ1) is 13.4. The van der Waals surface area contributed by atoms with Crippen molar-refractivity contribution in [3.63, 3.8) is 0 Å². The summed E-state index contributed by atoms with van der Waals surface area (Å²) < 4.78 is 13.6. The summed E-state index contributed by atoms with van der Waals surface area (Å²) in [5.41, 5.74) is -0.528. The monoisotopic (exact) mass is 267 g/mol. The van der Waals surface area contributed by atoms with Crippen molar-refractivity contribution < 1.29 is 14.1 Å². The lowest BCUT2D eigenvalue weighted by Crippen LogP contribution is -2.42. The molecule has 0 unspecified atom stereocenters. The molecule has 0 atom stereocenters. The van der Waals surface area contributed by atoms with Gasteiger partial charge < -0.3 is 10.6 Å². The van der Waals surface area contributed by atoms with Crippen molar-refractivity contribution in [3.05, 3.63) is 39.7 Å². The van der Waals surface area contributed by atoms with E-state index in [4.69, 9.17) is 0 Å². The molecule has 0 bridgehead atoms. The van der Waals surface area contributed by atoms with Crippen molar-refractivity contribution in [2.24, 2.45) is 0 Å². The molecule has 0 spiro atoms. The summed E-state index contributed by atoms with van der Waals surface area (Å²) in [7, 11) is 0. The molecule has 1 heterocycles. The summed E-state index contributed by atoms with van der Waals surface area (Å²) in [6.45, 7) is 1.63. The lowest BCUT2D eigenvalue weighted by molar-refractivity contribution is -0.385. The molecule has 0 aromatic heterocycles. The van der Waals surface area contributed by atoms with E-state index in [0.717, 1.165) is 44.1 Å². The Morgan fingerprint density at radius 1 is 1.42 bits per heavy atom. The molecular weight excluding hydrogens is 253 g/mol. The van der Waals surface area contributed by atoms with Gasteiger partial charge in [0, 0.05) is 12.1 Å². The van der Waals surface area contributed by atoms with Crippen LogP contribution < -0.4 is 10.6 Å². The highest BCUT2D eigenvalue weighted by Gasteiger charge is 2.20. The van der Waals surface area contributed by atoms with E-state index < -0.39 is 16.6 Å². The van der Waals surface area contributed by atoms with Crippen molar-refractivity contribution in [1.29, 1.82) is 0 Å². The van der Waals surface area contributed by atoms with E-state index in [9.17, 15) is 19.3 Å². The van der Waals surface area contributed by atoms with Gasteiger partial charge in [-0.15, -0.1) is 0 Å². The Bertz CT molecular complexity index is 501. The normalized spacial score (nSPS) is 16.1. The average Bonchev–Trinajstić information content (AvgIpc) is 2.39. The van der Waals surface area contributed by atoms with E-state index >= 15 is 0 Å². The number of carbonyl (C=O) groups excluding carboxylic acids is 1. The number of rotatable bonds is 3. The fourth-order valence-electron chi connectivity index (χ4n) is 2.03. The Hall–Kier alpha value is -2.02. The van der Waals surface area contributed by atoms with Crippen LogP contribution >= 0.6 is 0 Å². The van der Waals surface area contributed by atoms with Crippen LogP contribution in [-0.4, -0.2) is 30.0 Å². The van der Waals surface area contributed by atoms with Crippen LogP contribution in [0.1, 0.15) is 23.2 Å². The minimum Gasteiger partial charge on any atom is -0.349 e. The van der Waals surface area contributed by atoms with E-state index in [2.05, 4.69) is 10.6 Å². The first-order valence-corrected chi connectivity index (χ1v) is 6.03. The highest BCUT2D eigenvalue weighted by molar-refractivity contribution is 5.94. The van der Waals surface area contributed by atoms with Gasteiger partial charge in [0.05, 0.1) is 16.6 Å². The molecule has 19 heavy (non-hydrogen) atoms. The molecule has 1 aliphatic heterocycles. The smallest absolute Gasteiger partial charge is 0.272 e. The van der Waals surface area contributed by atoms with Gasteiger partial charge in [0.2, 0.25) is 0 Å². The van der Waals surface area contributed by atoms with Gasteiger partial charge in [0.25, 0.3) is 11.6 Å². The quantitative estimate of drug-likeness (QED) is 0.637. The van der Waals surface area contributed by atoms with E-state index in [0.29, 0.717) is 0 Å². The van der Waals surface area contributed by atoms with Gasteiger partial charge in [-0.3, -0.25) is 14.9 Å². The highest BCUT2D eigenvalue weighted by Crippen LogP contribution is 2.17. The van der Waals surface area contributed by atoms with Crippen LogP contribution in [-0.2, 0) is 0 Å². The van der Waals surface area contributed by atoms with Gasteiger partial charge in [-0.05, 0) is 32.0 Å². The molecule has 1 amide bonds. The number of non-ortho nitro benzene ring substituents is 1. The molecule has 0 aliphatic carbocycles. The number of hydrogen-bond acceptors (Lipinski definition) is 4. The van der Waals surface area contributed by atoms with Crippen molar-refractivity contribution in [3.8, 4) is 0 Å². The second kappa shape index (κ2) is 5.75. The molecule has 1 fully saturated rings. The number of amides is 1. The minimum absolute atomic E-state index is 0.0170. The third kappa shape index (κ3) is 3.25. The number of carbonyl (C=O) groups is 1. The lowest BCUT2D eigenvalue weighted by atomic mass is 10.1. The van der Waals surface area contributed by atoms with Crippen LogP contribution in [0.5, 0.6) is 0 Å². The van der Waals surface area contributed by atoms with E-state index in [-0.39, 0.29) is 17.3 Å². The summed E-state index contributed by atoms with van der Waals surface area (Å²) in [6.07, 6.45) is 1.58. The first-order chi connectivity index (χ1) is 9.08. The van der Waals surface area contributed by atoms with Gasteiger partial charge in [0.15, 0.2) is 0 Å². The number of nitrogens with one attached hydrogen (secondary N) is 2. The molecule has 1 saturated heterocycles. The molecule has 2 rings (SSSR count). The number of halogens is 1. The fraction of sp³-hybridized carbons (Fsp3) is 0.417. The van der Waals surface area contributed by atoms with Crippen LogP contribution in [0.25, 0.3) is 0 Å². The summed E-state index contributed by atoms with van der Waals surface area (Å²) in [4.78, 5) is 21.7.